The summed E-state index contributed by atoms with van der Waals surface area (Å²) >= 11 is 0. The molecule has 2 rings (SSSR count). The summed E-state index contributed by atoms with van der Waals surface area (Å²) in [5.41, 5.74) is 0.340. The molecule has 0 saturated heterocycles. The van der Waals surface area contributed by atoms with Crippen molar-refractivity contribution in [3.05, 3.63) is 54.6 Å². The molecule has 2 aromatic rings. The zero-order chi connectivity index (χ0) is 15.7. The summed E-state index contributed by atoms with van der Waals surface area (Å²) < 4.78 is 4.28. The molecule has 1 heterocycles. The molecule has 21 heavy (non-hydrogen) atoms. The minimum atomic E-state index is -1.52. The lowest BCUT2D eigenvalue weighted by molar-refractivity contribution is -0.671. The van der Waals surface area contributed by atoms with Gasteiger partial charge < -0.3 is 15.0 Å². The third-order valence-corrected chi connectivity index (χ3v) is 2.93. The summed E-state index contributed by atoms with van der Waals surface area (Å²) in [6.07, 6.45) is 7.30. The van der Waals surface area contributed by atoms with Gasteiger partial charge in [0.15, 0.2) is 0 Å². The van der Waals surface area contributed by atoms with Crippen LogP contribution < -0.4 is 9.67 Å². The van der Waals surface area contributed by atoms with Crippen LogP contribution in [0, 0.1) is 0 Å². The number of imidazole rings is 1. The van der Waals surface area contributed by atoms with E-state index in [0.29, 0.717) is 5.56 Å². The molecule has 0 amide bonds. The van der Waals surface area contributed by atoms with E-state index in [4.69, 9.17) is 5.11 Å². The van der Waals surface area contributed by atoms with E-state index in [1.807, 2.05) is 7.05 Å². The Kier molecular flexibility index (Phi) is 7.18. The lowest BCUT2D eigenvalue weighted by Gasteiger charge is -2.10. The van der Waals surface area contributed by atoms with Gasteiger partial charge in [-0.1, -0.05) is 43.7 Å². The highest BCUT2D eigenvalue weighted by atomic mass is 16.4. The van der Waals surface area contributed by atoms with Crippen LogP contribution in [0.2, 0.25) is 0 Å². The molecule has 0 aliphatic rings. The van der Waals surface area contributed by atoms with Crippen molar-refractivity contribution in [1.29, 1.82) is 0 Å². The monoisotopic (exact) mass is 290 g/mol. The largest absolute Gasteiger partial charge is 0.547 e. The summed E-state index contributed by atoms with van der Waals surface area (Å²) in [7, 11) is 2.04. The van der Waals surface area contributed by atoms with Gasteiger partial charge in [0.05, 0.1) is 19.6 Å². The number of benzene rings is 1. The number of carboxylic acids is 1. The number of rotatable bonds is 5. The molecule has 5 nitrogen and oxygen atoms in total. The number of aromatic nitrogens is 2. The smallest absolute Gasteiger partial charge is 0.243 e. The summed E-state index contributed by atoms with van der Waals surface area (Å²) in [6.45, 7) is 3.36. The van der Waals surface area contributed by atoms with Gasteiger partial charge in [-0.3, -0.25) is 0 Å². The Hall–Kier alpha value is -2.14. The molecule has 1 aromatic carbocycles. The van der Waals surface area contributed by atoms with Crippen LogP contribution in [0.4, 0.5) is 0 Å². The van der Waals surface area contributed by atoms with Crippen molar-refractivity contribution in [2.24, 2.45) is 7.05 Å². The molecule has 114 valence electrons. The molecule has 1 atom stereocenters. The van der Waals surface area contributed by atoms with Crippen molar-refractivity contribution in [3.63, 3.8) is 0 Å². The van der Waals surface area contributed by atoms with Gasteiger partial charge in [0.25, 0.3) is 0 Å². The number of hydrogen-bond donors (Lipinski definition) is 1. The third kappa shape index (κ3) is 6.23. The molecule has 0 fully saturated rings. The van der Waals surface area contributed by atoms with E-state index in [1.165, 1.54) is 25.0 Å². The lowest BCUT2D eigenvalue weighted by atomic mass is 10.1. The fourth-order valence-corrected chi connectivity index (χ4v) is 1.75. The number of nitrogens with zero attached hydrogens (tertiary/aromatic N) is 2. The molecule has 0 radical (unpaired) electrons. The highest BCUT2D eigenvalue weighted by Crippen LogP contribution is 2.09. The van der Waals surface area contributed by atoms with Crippen LogP contribution in [0.25, 0.3) is 0 Å². The summed E-state index contributed by atoms with van der Waals surface area (Å²) in [5, 5.41) is 19.1. The van der Waals surface area contributed by atoms with Crippen molar-refractivity contribution in [1.82, 2.24) is 4.57 Å². The average molecular weight is 290 g/mol. The molecule has 0 saturated carbocycles. The lowest BCUT2D eigenvalue weighted by Crippen LogP contribution is -2.29. The molecule has 0 bridgehead atoms. The van der Waals surface area contributed by atoms with E-state index >= 15 is 0 Å². The van der Waals surface area contributed by atoms with Crippen LogP contribution in [-0.2, 0) is 18.4 Å². The normalized spacial score (nSPS) is 11.4. The Labute approximate surface area is 125 Å². The molecule has 0 spiro atoms. The second-order valence-corrected chi connectivity index (χ2v) is 4.80. The highest BCUT2D eigenvalue weighted by molar-refractivity contribution is 5.71. The van der Waals surface area contributed by atoms with E-state index in [9.17, 15) is 9.90 Å². The van der Waals surface area contributed by atoms with Crippen molar-refractivity contribution in [2.75, 3.05) is 0 Å². The minimum Gasteiger partial charge on any atom is -0.547 e. The van der Waals surface area contributed by atoms with Gasteiger partial charge in [0.2, 0.25) is 6.33 Å². The number of aliphatic hydroxyl groups is 1. The maximum atomic E-state index is 10.1. The molecule has 0 aliphatic heterocycles. The first kappa shape index (κ1) is 16.9. The first-order chi connectivity index (χ1) is 10.0. The van der Waals surface area contributed by atoms with Gasteiger partial charge in [-0.2, -0.15) is 0 Å². The number of carbonyl (C=O) groups is 1. The van der Waals surface area contributed by atoms with Crippen LogP contribution in [0.3, 0.4) is 0 Å². The summed E-state index contributed by atoms with van der Waals surface area (Å²) in [6, 6.07) is 8.11. The number of unbranched alkanes of at least 4 members (excludes halogenated alkanes) is 1. The van der Waals surface area contributed by atoms with Crippen molar-refractivity contribution in [3.8, 4) is 0 Å². The fourth-order valence-electron chi connectivity index (χ4n) is 1.75. The van der Waals surface area contributed by atoms with Crippen LogP contribution in [0.15, 0.2) is 49.1 Å². The van der Waals surface area contributed by atoms with Gasteiger partial charge in [0.1, 0.15) is 18.5 Å². The summed E-state index contributed by atoms with van der Waals surface area (Å²) in [5.74, 6) is -1.48. The number of aliphatic hydroxyl groups excluding tert-OH is 1. The van der Waals surface area contributed by atoms with E-state index in [1.54, 1.807) is 18.2 Å². The van der Waals surface area contributed by atoms with Crippen LogP contribution in [-0.4, -0.2) is 15.6 Å². The maximum absolute atomic E-state index is 10.1. The topological polar surface area (TPSA) is 69.2 Å². The van der Waals surface area contributed by atoms with E-state index in [-0.39, 0.29) is 0 Å². The van der Waals surface area contributed by atoms with Gasteiger partial charge in [0, 0.05) is 0 Å². The quantitative estimate of drug-likeness (QED) is 0.819. The second kappa shape index (κ2) is 8.92. The molecule has 5 heteroatoms. The van der Waals surface area contributed by atoms with Crippen LogP contribution >= 0.6 is 0 Å². The maximum Gasteiger partial charge on any atom is 0.243 e. The zero-order valence-electron chi connectivity index (χ0n) is 12.5. The molecule has 1 unspecified atom stereocenters. The Morgan fingerprint density at radius 2 is 2.05 bits per heavy atom. The van der Waals surface area contributed by atoms with Crippen LogP contribution in [0.5, 0.6) is 0 Å². The van der Waals surface area contributed by atoms with Crippen molar-refractivity contribution >= 4 is 5.97 Å². The number of aliphatic carboxylic acids is 1. The Balaban J connectivity index is 0.000000211. The Bertz CT molecular complexity index is 537. The molecular formula is C16H22N2O3. The molecule has 1 N–H and O–H groups in total. The first-order valence-corrected chi connectivity index (χ1v) is 6.99. The predicted octanol–water partition coefficient (Wildman–Crippen LogP) is 0.583. The van der Waals surface area contributed by atoms with Gasteiger partial charge in [-0.05, 0) is 12.0 Å². The van der Waals surface area contributed by atoms with Crippen LogP contribution in [0.1, 0.15) is 31.4 Å². The fraction of sp³-hybridized carbons (Fsp3) is 0.375. The highest BCUT2D eigenvalue weighted by Gasteiger charge is 2.05. The number of carbonyl (C=O) groups excluding carboxylic acids is 1. The Morgan fingerprint density at radius 1 is 1.38 bits per heavy atom. The number of carboxylic acid groups (broad SMARTS) is 1. The SMILES string of the molecule is CCCCn1cc[n+](C)c1.O=C([O-])C(O)c1ccccc1. The predicted molar refractivity (Wildman–Crippen MR) is 76.9 cm³/mol. The third-order valence-electron chi connectivity index (χ3n) is 2.93. The Morgan fingerprint density at radius 3 is 2.52 bits per heavy atom. The van der Waals surface area contributed by atoms with Gasteiger partial charge >= 0.3 is 0 Å². The van der Waals surface area contributed by atoms with Gasteiger partial charge in [-0.25, -0.2) is 9.13 Å². The first-order valence-electron chi connectivity index (χ1n) is 6.99. The van der Waals surface area contributed by atoms with Gasteiger partial charge in [-0.15, -0.1) is 0 Å². The standard InChI is InChI=1S/C8H15N2.C8H8O3/c1-3-4-5-10-7-6-9(2)8-10;9-7(8(10)11)6-4-2-1-3-5-6/h6-8H,3-5H2,1-2H3;1-5,7,9H,(H,10,11)/q+1;/p-1. The molecule has 0 aliphatic carbocycles. The zero-order valence-corrected chi connectivity index (χ0v) is 12.5. The number of hydrogen-bond acceptors (Lipinski definition) is 3. The number of aryl methyl sites for hydroxylation is 2. The van der Waals surface area contributed by atoms with Crippen molar-refractivity contribution in [2.45, 2.75) is 32.4 Å². The molecular weight excluding hydrogens is 268 g/mol. The summed E-state index contributed by atoms with van der Waals surface area (Å²) in [4.78, 5) is 10.1. The second-order valence-electron chi connectivity index (χ2n) is 4.80. The minimum absolute atomic E-state index is 0.340. The molecule has 1 aromatic heterocycles. The van der Waals surface area contributed by atoms with E-state index in [0.717, 1.165) is 6.54 Å². The average Bonchev–Trinajstić information content (AvgIpc) is 2.91. The van der Waals surface area contributed by atoms with E-state index < -0.39 is 12.1 Å². The van der Waals surface area contributed by atoms with Crippen molar-refractivity contribution < 1.29 is 19.6 Å². The van der Waals surface area contributed by atoms with E-state index in [2.05, 4.69) is 34.8 Å².